The van der Waals surface area contributed by atoms with E-state index in [9.17, 15) is 0 Å². The Balaban J connectivity index is 2.32. The van der Waals surface area contributed by atoms with E-state index in [-0.39, 0.29) is 0 Å². The maximum absolute atomic E-state index is 3.30. The Kier molecular flexibility index (Phi) is 2.94. The molecule has 0 saturated heterocycles. The molecular weight excluding hydrogens is 134 g/mol. The minimum absolute atomic E-state index is 0.707. The monoisotopic (exact) mass is 155 g/mol. The molecule has 1 nitrogen and oxygen atoms in total. The van der Waals surface area contributed by atoms with Gasteiger partial charge in [0.25, 0.3) is 0 Å². The van der Waals surface area contributed by atoms with Crippen LogP contribution in [0.2, 0.25) is 0 Å². The van der Waals surface area contributed by atoms with E-state index in [1.165, 1.54) is 32.2 Å². The summed E-state index contributed by atoms with van der Waals surface area (Å²) in [6.45, 7) is 5.93. The second-order valence-electron chi connectivity index (χ2n) is 4.20. The topological polar surface area (TPSA) is 12.0 Å². The van der Waals surface area contributed by atoms with Crippen molar-refractivity contribution >= 4 is 0 Å². The highest BCUT2D eigenvalue weighted by molar-refractivity contribution is 4.94. The molecule has 11 heavy (non-hydrogen) atoms. The Morgan fingerprint density at radius 1 is 1.45 bits per heavy atom. The predicted octanol–water partition coefficient (Wildman–Crippen LogP) is 2.42. The first-order valence-corrected chi connectivity index (χ1v) is 4.87. The van der Waals surface area contributed by atoms with Crippen molar-refractivity contribution in [2.75, 3.05) is 13.6 Å². The summed E-state index contributed by atoms with van der Waals surface area (Å²) in [6.07, 6.45) is 5.65. The van der Waals surface area contributed by atoms with Crippen LogP contribution < -0.4 is 5.32 Å². The van der Waals surface area contributed by atoms with Gasteiger partial charge >= 0.3 is 0 Å². The molecule has 0 aromatic carbocycles. The lowest BCUT2D eigenvalue weighted by Gasteiger charge is -2.22. The summed E-state index contributed by atoms with van der Waals surface area (Å²) in [6, 6.07) is 0. The van der Waals surface area contributed by atoms with Gasteiger partial charge in [-0.25, -0.2) is 0 Å². The van der Waals surface area contributed by atoms with Crippen molar-refractivity contribution in [1.29, 1.82) is 0 Å². The summed E-state index contributed by atoms with van der Waals surface area (Å²) in [5, 5.41) is 3.30. The van der Waals surface area contributed by atoms with Gasteiger partial charge in [0.05, 0.1) is 0 Å². The van der Waals surface area contributed by atoms with E-state index in [2.05, 4.69) is 26.2 Å². The second kappa shape index (κ2) is 3.57. The Labute approximate surface area is 70.6 Å². The SMILES string of the molecule is CCCC(CNC)C1(C)CC1. The van der Waals surface area contributed by atoms with E-state index < -0.39 is 0 Å². The van der Waals surface area contributed by atoms with E-state index >= 15 is 0 Å². The zero-order valence-corrected chi connectivity index (χ0v) is 8.11. The van der Waals surface area contributed by atoms with Crippen molar-refractivity contribution in [2.24, 2.45) is 11.3 Å². The summed E-state index contributed by atoms with van der Waals surface area (Å²) in [4.78, 5) is 0. The smallest absolute Gasteiger partial charge is 0.00183 e. The molecule has 0 aromatic rings. The second-order valence-corrected chi connectivity index (χ2v) is 4.20. The standard InChI is InChI=1S/C10H21N/c1-4-5-9(8-11-3)10(2)6-7-10/h9,11H,4-8H2,1-3H3. The predicted molar refractivity (Wildman–Crippen MR) is 49.7 cm³/mol. The van der Waals surface area contributed by atoms with Gasteiger partial charge in [-0.1, -0.05) is 20.3 Å². The van der Waals surface area contributed by atoms with Gasteiger partial charge in [0, 0.05) is 0 Å². The first-order valence-electron chi connectivity index (χ1n) is 4.87. The molecule has 1 atom stereocenters. The van der Waals surface area contributed by atoms with Crippen LogP contribution in [0.15, 0.2) is 0 Å². The molecule has 66 valence electrons. The fraction of sp³-hybridized carbons (Fsp3) is 1.00. The van der Waals surface area contributed by atoms with Crippen molar-refractivity contribution in [3.8, 4) is 0 Å². The number of hydrogen-bond acceptors (Lipinski definition) is 1. The zero-order valence-electron chi connectivity index (χ0n) is 8.11. The minimum atomic E-state index is 0.707. The lowest BCUT2D eigenvalue weighted by atomic mass is 9.87. The summed E-state index contributed by atoms with van der Waals surface area (Å²) >= 11 is 0. The van der Waals surface area contributed by atoms with Crippen LogP contribution in [-0.2, 0) is 0 Å². The van der Waals surface area contributed by atoms with Gasteiger partial charge in [-0.15, -0.1) is 0 Å². The molecule has 1 rings (SSSR count). The molecule has 1 unspecified atom stereocenters. The molecule has 1 fully saturated rings. The van der Waals surface area contributed by atoms with Gasteiger partial charge in [-0.05, 0) is 44.2 Å². The molecule has 1 saturated carbocycles. The van der Waals surface area contributed by atoms with Gasteiger partial charge in [-0.3, -0.25) is 0 Å². The van der Waals surface area contributed by atoms with Crippen molar-refractivity contribution in [3.63, 3.8) is 0 Å². The summed E-state index contributed by atoms with van der Waals surface area (Å²) < 4.78 is 0. The fourth-order valence-electron chi connectivity index (χ4n) is 1.90. The molecule has 1 N–H and O–H groups in total. The molecule has 0 heterocycles. The lowest BCUT2D eigenvalue weighted by Crippen LogP contribution is -2.25. The van der Waals surface area contributed by atoms with E-state index in [1.54, 1.807) is 0 Å². The Morgan fingerprint density at radius 3 is 2.45 bits per heavy atom. The largest absolute Gasteiger partial charge is 0.319 e. The Morgan fingerprint density at radius 2 is 2.09 bits per heavy atom. The molecule has 0 spiro atoms. The molecule has 0 aliphatic heterocycles. The fourth-order valence-corrected chi connectivity index (χ4v) is 1.90. The highest BCUT2D eigenvalue weighted by atomic mass is 14.8. The Hall–Kier alpha value is -0.0400. The zero-order chi connectivity index (χ0) is 8.32. The maximum Gasteiger partial charge on any atom is -0.00183 e. The molecule has 0 radical (unpaired) electrons. The van der Waals surface area contributed by atoms with E-state index in [4.69, 9.17) is 0 Å². The molecule has 0 amide bonds. The van der Waals surface area contributed by atoms with Crippen LogP contribution in [0.3, 0.4) is 0 Å². The van der Waals surface area contributed by atoms with Crippen molar-refractivity contribution in [3.05, 3.63) is 0 Å². The third kappa shape index (κ3) is 2.19. The van der Waals surface area contributed by atoms with Crippen LogP contribution >= 0.6 is 0 Å². The van der Waals surface area contributed by atoms with Crippen LogP contribution in [-0.4, -0.2) is 13.6 Å². The quantitative estimate of drug-likeness (QED) is 0.643. The summed E-state index contributed by atoms with van der Waals surface area (Å²) in [7, 11) is 2.06. The molecule has 0 aromatic heterocycles. The maximum atomic E-state index is 3.30. The lowest BCUT2D eigenvalue weighted by molar-refractivity contribution is 0.303. The van der Waals surface area contributed by atoms with Crippen LogP contribution in [0, 0.1) is 11.3 Å². The van der Waals surface area contributed by atoms with Crippen molar-refractivity contribution < 1.29 is 0 Å². The van der Waals surface area contributed by atoms with E-state index in [0.717, 1.165) is 5.92 Å². The third-order valence-electron chi connectivity index (χ3n) is 3.11. The molecule has 1 aliphatic carbocycles. The van der Waals surface area contributed by atoms with Gasteiger partial charge in [0.1, 0.15) is 0 Å². The summed E-state index contributed by atoms with van der Waals surface area (Å²) in [5.74, 6) is 0.928. The van der Waals surface area contributed by atoms with Crippen molar-refractivity contribution in [2.45, 2.75) is 39.5 Å². The Bertz CT molecular complexity index is 110. The molecule has 1 aliphatic rings. The normalized spacial score (nSPS) is 23.2. The van der Waals surface area contributed by atoms with Gasteiger partial charge in [-0.2, -0.15) is 0 Å². The third-order valence-corrected chi connectivity index (χ3v) is 3.11. The van der Waals surface area contributed by atoms with Crippen LogP contribution in [0.5, 0.6) is 0 Å². The number of nitrogens with one attached hydrogen (secondary N) is 1. The van der Waals surface area contributed by atoms with E-state index in [1.807, 2.05) is 0 Å². The van der Waals surface area contributed by atoms with E-state index in [0.29, 0.717) is 5.41 Å². The highest BCUT2D eigenvalue weighted by Crippen LogP contribution is 2.52. The average molecular weight is 155 g/mol. The van der Waals surface area contributed by atoms with Gasteiger partial charge in [0.15, 0.2) is 0 Å². The average Bonchev–Trinajstić information content (AvgIpc) is 2.69. The first-order chi connectivity index (χ1) is 5.23. The van der Waals surface area contributed by atoms with Crippen LogP contribution in [0.25, 0.3) is 0 Å². The van der Waals surface area contributed by atoms with Crippen LogP contribution in [0.1, 0.15) is 39.5 Å². The molecule has 0 bridgehead atoms. The molecule has 1 heteroatoms. The highest BCUT2D eigenvalue weighted by Gasteiger charge is 2.43. The van der Waals surface area contributed by atoms with Gasteiger partial charge < -0.3 is 5.32 Å². The number of rotatable bonds is 5. The summed E-state index contributed by atoms with van der Waals surface area (Å²) in [5.41, 5.74) is 0.707. The van der Waals surface area contributed by atoms with Gasteiger partial charge in [0.2, 0.25) is 0 Å². The van der Waals surface area contributed by atoms with Crippen molar-refractivity contribution in [1.82, 2.24) is 5.32 Å². The molecular formula is C10H21N. The minimum Gasteiger partial charge on any atom is -0.319 e. The van der Waals surface area contributed by atoms with Crippen LogP contribution in [0.4, 0.5) is 0 Å². The first kappa shape index (κ1) is 9.05. The number of hydrogen-bond donors (Lipinski definition) is 1.